The third kappa shape index (κ3) is 12.1. The number of benzene rings is 2. The molecule has 0 heterocycles. The lowest BCUT2D eigenvalue weighted by atomic mass is 9.97. The van der Waals surface area contributed by atoms with Gasteiger partial charge in [0.25, 0.3) is 0 Å². The lowest BCUT2D eigenvalue weighted by molar-refractivity contribution is -0.152. The highest BCUT2D eigenvalue weighted by Crippen LogP contribution is 2.15. The molecule has 0 saturated carbocycles. The summed E-state index contributed by atoms with van der Waals surface area (Å²) in [4.78, 5) is 22.6. The van der Waals surface area contributed by atoms with Gasteiger partial charge in [0.1, 0.15) is 0 Å². The number of hydrogen-bond donors (Lipinski definition) is 0. The summed E-state index contributed by atoms with van der Waals surface area (Å²) < 4.78 is 10.3. The van der Waals surface area contributed by atoms with Crippen molar-refractivity contribution in [2.75, 3.05) is 13.2 Å². The standard InChI is InChI=1S/2C13H18O2/c1-13(2,3)12(14)15-10-9-11-7-5-4-6-8-11;1-2-3-9-13(14)15-11-10-12-7-5-4-6-8-12/h4-8H,9-10H2,1-3H3;4-8H,2-3,9-11H2,1H3. The highest BCUT2D eigenvalue weighted by molar-refractivity contribution is 5.75. The largest absolute Gasteiger partial charge is 0.465 e. The molecule has 0 atom stereocenters. The Morgan fingerprint density at radius 1 is 0.767 bits per heavy atom. The van der Waals surface area contributed by atoms with Gasteiger partial charge < -0.3 is 9.47 Å². The average molecular weight is 413 g/mol. The van der Waals surface area contributed by atoms with E-state index in [1.165, 1.54) is 11.1 Å². The zero-order valence-corrected chi connectivity index (χ0v) is 18.9. The van der Waals surface area contributed by atoms with Gasteiger partial charge in [-0.2, -0.15) is 0 Å². The number of hydrogen-bond acceptors (Lipinski definition) is 4. The molecule has 0 amide bonds. The molecule has 0 fully saturated rings. The molecule has 0 aliphatic rings. The first-order chi connectivity index (χ1) is 14.3. The fourth-order valence-corrected chi connectivity index (χ4v) is 2.44. The van der Waals surface area contributed by atoms with Crippen molar-refractivity contribution < 1.29 is 19.1 Å². The van der Waals surface area contributed by atoms with Crippen molar-refractivity contribution in [2.45, 2.75) is 59.8 Å². The topological polar surface area (TPSA) is 52.6 Å². The molecule has 0 aliphatic heterocycles. The van der Waals surface area contributed by atoms with E-state index in [1.807, 2.05) is 81.4 Å². The van der Waals surface area contributed by atoms with Crippen LogP contribution >= 0.6 is 0 Å². The van der Waals surface area contributed by atoms with Crippen LogP contribution in [-0.2, 0) is 31.9 Å². The molecule has 2 aromatic rings. The molecule has 4 nitrogen and oxygen atoms in total. The number of ether oxygens (including phenoxy) is 2. The molecule has 4 heteroatoms. The van der Waals surface area contributed by atoms with Gasteiger partial charge in [-0.25, -0.2) is 0 Å². The Labute approximate surface area is 181 Å². The van der Waals surface area contributed by atoms with Crippen molar-refractivity contribution in [1.29, 1.82) is 0 Å². The molecule has 0 spiro atoms. The highest BCUT2D eigenvalue weighted by atomic mass is 16.5. The second-order valence-electron chi connectivity index (χ2n) is 8.18. The van der Waals surface area contributed by atoms with Crippen molar-refractivity contribution in [3.05, 3.63) is 71.8 Å². The predicted octanol–water partition coefficient (Wildman–Crippen LogP) is 5.78. The zero-order valence-electron chi connectivity index (χ0n) is 18.9. The van der Waals surface area contributed by atoms with Crippen LogP contribution in [0.15, 0.2) is 60.7 Å². The van der Waals surface area contributed by atoms with Gasteiger partial charge in [-0.05, 0) is 38.3 Å². The summed E-state index contributed by atoms with van der Waals surface area (Å²) in [5.41, 5.74) is 2.00. The summed E-state index contributed by atoms with van der Waals surface area (Å²) in [5.74, 6) is -0.216. The summed E-state index contributed by atoms with van der Waals surface area (Å²) in [7, 11) is 0. The van der Waals surface area contributed by atoms with E-state index < -0.39 is 5.41 Å². The molecule has 30 heavy (non-hydrogen) atoms. The predicted molar refractivity (Wildman–Crippen MR) is 121 cm³/mol. The van der Waals surface area contributed by atoms with Crippen molar-refractivity contribution in [1.82, 2.24) is 0 Å². The Bertz CT molecular complexity index is 718. The number of carbonyl (C=O) groups excluding carboxylic acids is 2. The second-order valence-corrected chi connectivity index (χ2v) is 8.18. The van der Waals surface area contributed by atoms with Crippen LogP contribution in [0, 0.1) is 5.41 Å². The lowest BCUT2D eigenvalue weighted by Crippen LogP contribution is -2.23. The fraction of sp³-hybridized carbons (Fsp3) is 0.462. The molecule has 0 N–H and O–H groups in total. The monoisotopic (exact) mass is 412 g/mol. The molecule has 0 aliphatic carbocycles. The molecule has 0 aromatic heterocycles. The third-order valence-corrected chi connectivity index (χ3v) is 4.31. The van der Waals surface area contributed by atoms with Crippen molar-refractivity contribution in [3.63, 3.8) is 0 Å². The zero-order chi connectivity index (χ0) is 22.2. The molecule has 2 aromatic carbocycles. The minimum atomic E-state index is -0.406. The van der Waals surface area contributed by atoms with E-state index in [4.69, 9.17) is 9.47 Å². The SMILES string of the molecule is CC(C)(C)C(=O)OCCc1ccccc1.CCCCC(=O)OCCc1ccccc1. The molecule has 0 bridgehead atoms. The molecular weight excluding hydrogens is 376 g/mol. The van der Waals surface area contributed by atoms with Gasteiger partial charge in [0.05, 0.1) is 18.6 Å². The van der Waals surface area contributed by atoms with E-state index in [0.717, 1.165) is 25.7 Å². The van der Waals surface area contributed by atoms with Crippen LogP contribution in [0.5, 0.6) is 0 Å². The quantitative estimate of drug-likeness (QED) is 0.490. The molecular formula is C26H36O4. The third-order valence-electron chi connectivity index (χ3n) is 4.31. The van der Waals surface area contributed by atoms with Crippen LogP contribution in [0.1, 0.15) is 58.1 Å². The van der Waals surface area contributed by atoms with Gasteiger partial charge in [-0.15, -0.1) is 0 Å². The van der Waals surface area contributed by atoms with Crippen LogP contribution in [0.25, 0.3) is 0 Å². The summed E-state index contributed by atoms with van der Waals surface area (Å²) in [5, 5.41) is 0. The lowest BCUT2D eigenvalue weighted by Gasteiger charge is -2.16. The fourth-order valence-electron chi connectivity index (χ4n) is 2.44. The Hall–Kier alpha value is -2.62. The molecule has 0 radical (unpaired) electrons. The molecule has 0 unspecified atom stereocenters. The smallest absolute Gasteiger partial charge is 0.311 e. The van der Waals surface area contributed by atoms with Crippen LogP contribution < -0.4 is 0 Å². The van der Waals surface area contributed by atoms with E-state index >= 15 is 0 Å². The molecule has 0 saturated heterocycles. The van der Waals surface area contributed by atoms with E-state index in [2.05, 4.69) is 6.92 Å². The van der Waals surface area contributed by atoms with Crippen LogP contribution in [0.4, 0.5) is 0 Å². The average Bonchev–Trinajstić information content (AvgIpc) is 2.73. The van der Waals surface area contributed by atoms with Gasteiger partial charge in [0, 0.05) is 19.3 Å². The normalized spacial score (nSPS) is 10.5. The Morgan fingerprint density at radius 2 is 1.23 bits per heavy atom. The van der Waals surface area contributed by atoms with Gasteiger partial charge in [0.15, 0.2) is 0 Å². The van der Waals surface area contributed by atoms with Crippen molar-refractivity contribution in [3.8, 4) is 0 Å². The van der Waals surface area contributed by atoms with Gasteiger partial charge >= 0.3 is 11.9 Å². The molecule has 2 rings (SSSR count). The van der Waals surface area contributed by atoms with Gasteiger partial charge in [0.2, 0.25) is 0 Å². The maximum Gasteiger partial charge on any atom is 0.311 e. The maximum absolute atomic E-state index is 11.4. The molecule has 164 valence electrons. The summed E-state index contributed by atoms with van der Waals surface area (Å²) >= 11 is 0. The van der Waals surface area contributed by atoms with Crippen LogP contribution in [0.2, 0.25) is 0 Å². The van der Waals surface area contributed by atoms with Crippen molar-refractivity contribution in [2.24, 2.45) is 5.41 Å². The van der Waals surface area contributed by atoms with Crippen LogP contribution in [-0.4, -0.2) is 25.2 Å². The van der Waals surface area contributed by atoms with E-state index in [1.54, 1.807) is 0 Å². The number of rotatable bonds is 9. The Balaban J connectivity index is 0.000000300. The number of unbranched alkanes of at least 4 members (excludes halogenated alkanes) is 1. The minimum absolute atomic E-state index is 0.0761. The van der Waals surface area contributed by atoms with Crippen LogP contribution in [0.3, 0.4) is 0 Å². The van der Waals surface area contributed by atoms with E-state index in [0.29, 0.717) is 19.6 Å². The minimum Gasteiger partial charge on any atom is -0.465 e. The van der Waals surface area contributed by atoms with Gasteiger partial charge in [-0.3, -0.25) is 9.59 Å². The van der Waals surface area contributed by atoms with Gasteiger partial charge in [-0.1, -0.05) is 74.0 Å². The number of carbonyl (C=O) groups is 2. The first kappa shape index (κ1) is 25.4. The first-order valence-corrected chi connectivity index (χ1v) is 10.7. The Morgan fingerprint density at radius 3 is 1.67 bits per heavy atom. The van der Waals surface area contributed by atoms with Crippen molar-refractivity contribution >= 4 is 11.9 Å². The van der Waals surface area contributed by atoms with E-state index in [-0.39, 0.29) is 11.9 Å². The summed E-state index contributed by atoms with van der Waals surface area (Å²) in [6.45, 7) is 8.59. The number of esters is 2. The second kappa shape index (κ2) is 14.4. The first-order valence-electron chi connectivity index (χ1n) is 10.7. The highest BCUT2D eigenvalue weighted by Gasteiger charge is 2.22. The Kier molecular flexibility index (Phi) is 12.2. The summed E-state index contributed by atoms with van der Waals surface area (Å²) in [6.07, 6.45) is 4.09. The van der Waals surface area contributed by atoms with E-state index in [9.17, 15) is 9.59 Å². The summed E-state index contributed by atoms with van der Waals surface area (Å²) in [6, 6.07) is 20.1. The maximum atomic E-state index is 11.4.